The van der Waals surface area contributed by atoms with Crippen molar-refractivity contribution in [2.45, 2.75) is 6.92 Å². The van der Waals surface area contributed by atoms with E-state index >= 15 is 0 Å². The summed E-state index contributed by atoms with van der Waals surface area (Å²) in [6.45, 7) is 1.87. The summed E-state index contributed by atoms with van der Waals surface area (Å²) in [6, 6.07) is 5.76. The van der Waals surface area contributed by atoms with Crippen LogP contribution in [-0.2, 0) is 7.05 Å². The highest BCUT2D eigenvalue weighted by molar-refractivity contribution is 5.92. The summed E-state index contributed by atoms with van der Waals surface area (Å²) in [5.41, 5.74) is 7.85. The predicted octanol–water partition coefficient (Wildman–Crippen LogP) is 2.47. The number of allylic oxidation sites excluding steroid dienone is 1. The molecule has 3 rings (SSSR count). The van der Waals surface area contributed by atoms with Crippen molar-refractivity contribution in [2.24, 2.45) is 12.0 Å². The van der Waals surface area contributed by atoms with Crippen molar-refractivity contribution >= 4 is 34.9 Å². The van der Waals surface area contributed by atoms with E-state index in [0.717, 1.165) is 5.70 Å². The molecule has 4 N–H and O–H groups in total. The van der Waals surface area contributed by atoms with Crippen LogP contribution in [0.1, 0.15) is 12.5 Å². The molecule has 0 saturated carbocycles. The molecule has 7 heteroatoms. The van der Waals surface area contributed by atoms with Gasteiger partial charge in [-0.2, -0.15) is 0 Å². The smallest absolute Gasteiger partial charge is 0.254 e. The Bertz CT molecular complexity index is 898. The highest BCUT2D eigenvalue weighted by Gasteiger charge is 2.20. The highest BCUT2D eigenvalue weighted by atomic mass is 19.1. The van der Waals surface area contributed by atoms with Gasteiger partial charge in [-0.25, -0.2) is 9.38 Å². The van der Waals surface area contributed by atoms with Crippen molar-refractivity contribution in [1.82, 2.24) is 9.88 Å². The quantitative estimate of drug-likeness (QED) is 0.744. The molecule has 0 amide bonds. The Kier molecular flexibility index (Phi) is 3.61. The molecule has 0 fully saturated rings. The van der Waals surface area contributed by atoms with Crippen LogP contribution >= 0.6 is 0 Å². The number of benzene rings is 1. The van der Waals surface area contributed by atoms with Crippen LogP contribution in [0.15, 0.2) is 40.1 Å². The van der Waals surface area contributed by atoms with Gasteiger partial charge in [0.15, 0.2) is 0 Å². The first-order valence-electron chi connectivity index (χ1n) is 7.03. The van der Waals surface area contributed by atoms with Gasteiger partial charge in [0.1, 0.15) is 11.6 Å². The van der Waals surface area contributed by atoms with Gasteiger partial charge in [0.25, 0.3) is 5.56 Å². The molecular weight excluding hydrogens is 297 g/mol. The lowest BCUT2D eigenvalue weighted by atomic mass is 10.1. The first kappa shape index (κ1) is 14.8. The first-order chi connectivity index (χ1) is 11.0. The number of nitrogens with one attached hydrogen (secondary N) is 2. The van der Waals surface area contributed by atoms with E-state index in [1.807, 2.05) is 13.0 Å². The van der Waals surface area contributed by atoms with E-state index in [9.17, 15) is 9.18 Å². The molecule has 6 nitrogen and oxygen atoms in total. The average Bonchev–Trinajstić information content (AvgIpc) is 2.54. The van der Waals surface area contributed by atoms with Crippen LogP contribution in [0.25, 0.3) is 5.70 Å². The van der Waals surface area contributed by atoms with Crippen LogP contribution in [0.5, 0.6) is 0 Å². The Labute approximate surface area is 132 Å². The second kappa shape index (κ2) is 5.60. The van der Waals surface area contributed by atoms with Gasteiger partial charge in [-0.05, 0) is 25.1 Å². The topological polar surface area (TPSA) is 84.4 Å². The van der Waals surface area contributed by atoms with Crippen molar-refractivity contribution in [1.29, 1.82) is 0 Å². The van der Waals surface area contributed by atoms with E-state index in [0.29, 0.717) is 22.8 Å². The maximum Gasteiger partial charge on any atom is 0.254 e. The SMILES string of the molecule is C/C=C1/NC=Nc2c1c(Nc1ccc(N)cc1F)cc(=O)n2C. The molecule has 0 saturated heterocycles. The van der Waals surface area contributed by atoms with Crippen LogP contribution in [0.3, 0.4) is 0 Å². The Morgan fingerprint density at radius 3 is 2.83 bits per heavy atom. The number of nitrogen functional groups attached to an aromatic ring is 1. The lowest BCUT2D eigenvalue weighted by Gasteiger charge is -2.21. The zero-order valence-corrected chi connectivity index (χ0v) is 12.7. The minimum Gasteiger partial charge on any atom is -0.399 e. The minimum absolute atomic E-state index is 0.236. The van der Waals surface area contributed by atoms with Gasteiger partial charge in [-0.3, -0.25) is 9.36 Å². The molecule has 0 spiro atoms. The van der Waals surface area contributed by atoms with Crippen molar-refractivity contribution in [3.8, 4) is 0 Å². The third-order valence-corrected chi connectivity index (χ3v) is 3.64. The van der Waals surface area contributed by atoms with Crippen molar-refractivity contribution in [3.05, 3.63) is 52.1 Å². The van der Waals surface area contributed by atoms with Gasteiger partial charge >= 0.3 is 0 Å². The van der Waals surface area contributed by atoms with Crippen molar-refractivity contribution < 1.29 is 4.39 Å². The van der Waals surface area contributed by atoms with Crippen molar-refractivity contribution in [2.75, 3.05) is 11.1 Å². The Balaban J connectivity index is 2.18. The fraction of sp³-hybridized carbons (Fsp3) is 0.125. The van der Waals surface area contributed by atoms with Gasteiger partial charge in [-0.1, -0.05) is 6.08 Å². The zero-order chi connectivity index (χ0) is 16.6. The number of pyridine rings is 1. The van der Waals surface area contributed by atoms with Crippen LogP contribution in [0, 0.1) is 5.82 Å². The molecule has 1 aromatic carbocycles. The average molecular weight is 313 g/mol. The molecule has 2 heterocycles. The summed E-state index contributed by atoms with van der Waals surface area (Å²) in [4.78, 5) is 16.4. The minimum atomic E-state index is -0.492. The number of hydrogen-bond donors (Lipinski definition) is 3. The summed E-state index contributed by atoms with van der Waals surface area (Å²) >= 11 is 0. The molecule has 0 unspecified atom stereocenters. The lowest BCUT2D eigenvalue weighted by molar-refractivity contribution is 0.632. The lowest BCUT2D eigenvalue weighted by Crippen LogP contribution is -2.23. The number of aromatic nitrogens is 1. The maximum atomic E-state index is 14.0. The molecule has 0 atom stereocenters. The second-order valence-electron chi connectivity index (χ2n) is 5.12. The van der Waals surface area contributed by atoms with Crippen LogP contribution in [0.4, 0.5) is 27.3 Å². The van der Waals surface area contributed by atoms with Gasteiger partial charge in [0, 0.05) is 24.5 Å². The number of anilines is 3. The molecular formula is C16H16FN5O. The fourth-order valence-corrected chi connectivity index (χ4v) is 2.44. The summed E-state index contributed by atoms with van der Waals surface area (Å²) in [7, 11) is 1.64. The third kappa shape index (κ3) is 2.57. The van der Waals surface area contributed by atoms with Gasteiger partial charge in [-0.15, -0.1) is 0 Å². The van der Waals surface area contributed by atoms with Gasteiger partial charge in [0.05, 0.1) is 23.3 Å². The van der Waals surface area contributed by atoms with E-state index in [1.165, 1.54) is 29.1 Å². The number of nitrogens with two attached hydrogens (primary N) is 1. The summed E-state index contributed by atoms with van der Waals surface area (Å²) in [5.74, 6) is 0.0106. The molecule has 1 aliphatic rings. The molecule has 1 aliphatic heterocycles. The monoisotopic (exact) mass is 313 g/mol. The van der Waals surface area contributed by atoms with Gasteiger partial charge in [0.2, 0.25) is 0 Å². The Hall–Kier alpha value is -3.09. The van der Waals surface area contributed by atoms with E-state index in [4.69, 9.17) is 5.73 Å². The highest BCUT2D eigenvalue weighted by Crippen LogP contribution is 2.34. The number of halogens is 1. The fourth-order valence-electron chi connectivity index (χ4n) is 2.44. The summed E-state index contributed by atoms with van der Waals surface area (Å²) in [5, 5.41) is 5.98. The van der Waals surface area contributed by atoms with Crippen LogP contribution in [0.2, 0.25) is 0 Å². The van der Waals surface area contributed by atoms with Crippen molar-refractivity contribution in [3.63, 3.8) is 0 Å². The van der Waals surface area contributed by atoms with E-state index < -0.39 is 5.82 Å². The zero-order valence-electron chi connectivity index (χ0n) is 12.7. The number of rotatable bonds is 2. The van der Waals surface area contributed by atoms with Crippen LogP contribution in [-0.4, -0.2) is 10.9 Å². The molecule has 23 heavy (non-hydrogen) atoms. The third-order valence-electron chi connectivity index (χ3n) is 3.64. The van der Waals surface area contributed by atoms with E-state index in [2.05, 4.69) is 15.6 Å². The Morgan fingerprint density at radius 2 is 2.13 bits per heavy atom. The number of aliphatic imine (C=N–C) groups is 1. The summed E-state index contributed by atoms with van der Waals surface area (Å²) in [6.07, 6.45) is 3.38. The number of nitrogens with zero attached hydrogens (tertiary/aromatic N) is 2. The molecule has 118 valence electrons. The number of fused-ring (bicyclic) bond motifs is 1. The molecule has 0 aliphatic carbocycles. The van der Waals surface area contributed by atoms with Crippen LogP contribution < -0.4 is 21.9 Å². The second-order valence-corrected chi connectivity index (χ2v) is 5.12. The normalized spacial score (nSPS) is 14.5. The summed E-state index contributed by atoms with van der Waals surface area (Å²) < 4.78 is 15.5. The Morgan fingerprint density at radius 1 is 1.35 bits per heavy atom. The predicted molar refractivity (Wildman–Crippen MR) is 90.7 cm³/mol. The largest absolute Gasteiger partial charge is 0.399 e. The van der Waals surface area contributed by atoms with Gasteiger partial charge < -0.3 is 16.4 Å². The van der Waals surface area contributed by atoms with E-state index in [1.54, 1.807) is 13.1 Å². The number of hydrogen-bond acceptors (Lipinski definition) is 5. The standard InChI is InChI=1S/C16H16FN5O/c1-3-11-15-13(21-12-5-4-9(18)6-10(12)17)7-14(23)22(2)16(15)20-8-19-11/h3-8,21H,18H2,1-2H3,(H,19,20)/b11-3+. The van der Waals surface area contributed by atoms with E-state index in [-0.39, 0.29) is 11.2 Å². The molecule has 0 radical (unpaired) electrons. The molecule has 0 bridgehead atoms. The maximum absolute atomic E-state index is 14.0. The first-order valence-corrected chi connectivity index (χ1v) is 7.03. The molecule has 2 aromatic rings. The molecule has 1 aromatic heterocycles.